The Morgan fingerprint density at radius 3 is 2.59 bits per heavy atom. The normalized spacial score (nSPS) is 28.7. The standard InChI is InChI=1S/C18H26N2O.ClH/c1-12(16-10-14-7-8-15(16)9-14)20-18(21)17(19)11-13-5-3-2-4-6-13;/h2-6,12,14-17H,7-11,19H2,1H3,(H,20,21);1H. The van der Waals surface area contributed by atoms with Crippen molar-refractivity contribution >= 4 is 18.3 Å². The highest BCUT2D eigenvalue weighted by Crippen LogP contribution is 2.49. The smallest absolute Gasteiger partial charge is 0.237 e. The molecule has 3 rings (SSSR count). The van der Waals surface area contributed by atoms with Gasteiger partial charge in [0.15, 0.2) is 0 Å². The number of hydrogen-bond acceptors (Lipinski definition) is 2. The summed E-state index contributed by atoms with van der Waals surface area (Å²) in [5.74, 6) is 2.40. The van der Waals surface area contributed by atoms with E-state index in [1.54, 1.807) is 0 Å². The number of rotatable bonds is 5. The Balaban J connectivity index is 0.00000176. The molecule has 3 N–H and O–H groups in total. The van der Waals surface area contributed by atoms with Crippen molar-refractivity contribution in [3.63, 3.8) is 0 Å². The quantitative estimate of drug-likeness (QED) is 0.875. The van der Waals surface area contributed by atoms with Crippen LogP contribution in [0.2, 0.25) is 0 Å². The first kappa shape index (κ1) is 17.3. The number of nitrogens with two attached hydrogens (primary N) is 1. The van der Waals surface area contributed by atoms with Crippen molar-refractivity contribution < 1.29 is 4.79 Å². The monoisotopic (exact) mass is 322 g/mol. The molecule has 2 saturated carbocycles. The number of fused-ring (bicyclic) bond motifs is 2. The first-order chi connectivity index (χ1) is 10.1. The largest absolute Gasteiger partial charge is 0.352 e. The lowest BCUT2D eigenvalue weighted by molar-refractivity contribution is -0.123. The maximum atomic E-state index is 12.3. The van der Waals surface area contributed by atoms with Crippen LogP contribution in [0, 0.1) is 17.8 Å². The second-order valence-electron chi connectivity index (χ2n) is 6.93. The van der Waals surface area contributed by atoms with Crippen molar-refractivity contribution in [3.8, 4) is 0 Å². The van der Waals surface area contributed by atoms with E-state index in [-0.39, 0.29) is 24.4 Å². The summed E-state index contributed by atoms with van der Waals surface area (Å²) in [6, 6.07) is 9.80. The highest BCUT2D eigenvalue weighted by molar-refractivity contribution is 5.85. The average molecular weight is 323 g/mol. The SMILES string of the molecule is CC(NC(=O)C(N)Cc1ccccc1)C1CC2CCC1C2.Cl. The second-order valence-corrected chi connectivity index (χ2v) is 6.93. The Kier molecular flexibility index (Phi) is 5.87. The van der Waals surface area contributed by atoms with E-state index in [0.29, 0.717) is 12.3 Å². The zero-order chi connectivity index (χ0) is 14.8. The minimum atomic E-state index is -0.451. The van der Waals surface area contributed by atoms with Crippen LogP contribution >= 0.6 is 12.4 Å². The van der Waals surface area contributed by atoms with Crippen LogP contribution in [-0.2, 0) is 11.2 Å². The zero-order valence-corrected chi connectivity index (χ0v) is 14.0. The molecular formula is C18H27ClN2O. The molecule has 3 nitrogen and oxygen atoms in total. The van der Waals surface area contributed by atoms with Crippen LogP contribution in [0.25, 0.3) is 0 Å². The second kappa shape index (κ2) is 7.47. The van der Waals surface area contributed by atoms with Crippen molar-refractivity contribution in [2.75, 3.05) is 0 Å². The number of hydrogen-bond donors (Lipinski definition) is 2. The Morgan fingerprint density at radius 2 is 2.00 bits per heavy atom. The van der Waals surface area contributed by atoms with Gasteiger partial charge >= 0.3 is 0 Å². The molecule has 1 aromatic rings. The van der Waals surface area contributed by atoms with Crippen molar-refractivity contribution in [2.45, 2.75) is 51.1 Å². The number of carbonyl (C=O) groups is 1. The Bertz CT molecular complexity index is 493. The average Bonchev–Trinajstić information content (AvgIpc) is 3.11. The van der Waals surface area contributed by atoms with Gasteiger partial charge in [0.05, 0.1) is 6.04 Å². The summed E-state index contributed by atoms with van der Waals surface area (Å²) >= 11 is 0. The molecule has 0 aromatic heterocycles. The van der Waals surface area contributed by atoms with Gasteiger partial charge in [-0.1, -0.05) is 36.8 Å². The third kappa shape index (κ3) is 3.82. The zero-order valence-electron chi connectivity index (χ0n) is 13.2. The van der Waals surface area contributed by atoms with Crippen molar-refractivity contribution in [1.82, 2.24) is 5.32 Å². The molecule has 2 bridgehead atoms. The van der Waals surface area contributed by atoms with Gasteiger partial charge in [0.25, 0.3) is 0 Å². The van der Waals surface area contributed by atoms with Crippen LogP contribution in [0.4, 0.5) is 0 Å². The molecular weight excluding hydrogens is 296 g/mol. The van der Waals surface area contributed by atoms with Gasteiger partial charge in [-0.25, -0.2) is 0 Å². The summed E-state index contributed by atoms with van der Waals surface area (Å²) in [6.45, 7) is 2.15. The Morgan fingerprint density at radius 1 is 1.27 bits per heavy atom. The van der Waals surface area contributed by atoms with E-state index in [1.807, 2.05) is 30.3 Å². The Hall–Kier alpha value is -1.06. The number of carbonyl (C=O) groups excluding carboxylic acids is 1. The molecule has 0 heterocycles. The molecule has 122 valence electrons. The van der Waals surface area contributed by atoms with Gasteiger partial charge in [-0.05, 0) is 55.9 Å². The van der Waals surface area contributed by atoms with Crippen molar-refractivity contribution in [2.24, 2.45) is 23.5 Å². The van der Waals surface area contributed by atoms with Gasteiger partial charge in [0, 0.05) is 6.04 Å². The van der Waals surface area contributed by atoms with Gasteiger partial charge in [0.1, 0.15) is 0 Å². The molecule has 2 aliphatic rings. The minimum absolute atomic E-state index is 0. The molecule has 22 heavy (non-hydrogen) atoms. The third-order valence-electron chi connectivity index (χ3n) is 5.44. The summed E-state index contributed by atoms with van der Waals surface area (Å²) in [6.07, 6.45) is 6.03. The maximum Gasteiger partial charge on any atom is 0.237 e. The lowest BCUT2D eigenvalue weighted by Gasteiger charge is -2.29. The van der Waals surface area contributed by atoms with Gasteiger partial charge in [-0.2, -0.15) is 0 Å². The number of benzene rings is 1. The van der Waals surface area contributed by atoms with E-state index in [1.165, 1.54) is 25.7 Å². The van der Waals surface area contributed by atoms with E-state index >= 15 is 0 Å². The molecule has 5 atom stereocenters. The van der Waals surface area contributed by atoms with Gasteiger partial charge in [-0.15, -0.1) is 12.4 Å². The molecule has 5 unspecified atom stereocenters. The number of halogens is 1. The molecule has 0 radical (unpaired) electrons. The van der Waals surface area contributed by atoms with Crippen LogP contribution < -0.4 is 11.1 Å². The van der Waals surface area contributed by atoms with Crippen molar-refractivity contribution in [3.05, 3.63) is 35.9 Å². The van der Waals surface area contributed by atoms with E-state index < -0.39 is 6.04 Å². The predicted octanol–water partition coefficient (Wildman–Crippen LogP) is 2.92. The van der Waals surface area contributed by atoms with Crippen LogP contribution in [0.3, 0.4) is 0 Å². The van der Waals surface area contributed by atoms with Crippen LogP contribution in [0.1, 0.15) is 38.2 Å². The van der Waals surface area contributed by atoms with E-state index in [2.05, 4.69) is 12.2 Å². The lowest BCUT2D eigenvalue weighted by Crippen LogP contribution is -2.48. The molecule has 1 aromatic carbocycles. The molecule has 2 fully saturated rings. The highest BCUT2D eigenvalue weighted by Gasteiger charge is 2.42. The summed E-state index contributed by atoms with van der Waals surface area (Å²) < 4.78 is 0. The minimum Gasteiger partial charge on any atom is -0.352 e. The van der Waals surface area contributed by atoms with E-state index in [4.69, 9.17) is 5.73 Å². The predicted molar refractivity (Wildman–Crippen MR) is 91.9 cm³/mol. The highest BCUT2D eigenvalue weighted by atomic mass is 35.5. The summed E-state index contributed by atoms with van der Waals surface area (Å²) in [5, 5.41) is 3.16. The maximum absolute atomic E-state index is 12.3. The number of nitrogens with one attached hydrogen (secondary N) is 1. The summed E-state index contributed by atoms with van der Waals surface area (Å²) in [5.41, 5.74) is 7.18. The Labute approximate surface area is 139 Å². The molecule has 0 aliphatic heterocycles. The van der Waals surface area contributed by atoms with Gasteiger partial charge in [0.2, 0.25) is 5.91 Å². The third-order valence-corrected chi connectivity index (χ3v) is 5.44. The fourth-order valence-corrected chi connectivity index (χ4v) is 4.31. The fourth-order valence-electron chi connectivity index (χ4n) is 4.31. The molecule has 4 heteroatoms. The molecule has 0 saturated heterocycles. The van der Waals surface area contributed by atoms with Crippen LogP contribution in [-0.4, -0.2) is 18.0 Å². The van der Waals surface area contributed by atoms with Crippen molar-refractivity contribution in [1.29, 1.82) is 0 Å². The number of amides is 1. The van der Waals surface area contributed by atoms with Crippen LogP contribution in [0.5, 0.6) is 0 Å². The molecule has 0 spiro atoms. The van der Waals surface area contributed by atoms with Crippen LogP contribution in [0.15, 0.2) is 30.3 Å². The summed E-state index contributed by atoms with van der Waals surface area (Å²) in [4.78, 5) is 12.3. The summed E-state index contributed by atoms with van der Waals surface area (Å²) in [7, 11) is 0. The molecule has 2 aliphatic carbocycles. The first-order valence-corrected chi connectivity index (χ1v) is 8.23. The van der Waals surface area contributed by atoms with Gasteiger partial charge < -0.3 is 11.1 Å². The van der Waals surface area contributed by atoms with Gasteiger partial charge in [-0.3, -0.25) is 4.79 Å². The van der Waals surface area contributed by atoms with E-state index in [9.17, 15) is 4.79 Å². The topological polar surface area (TPSA) is 55.1 Å². The lowest BCUT2D eigenvalue weighted by atomic mass is 9.84. The first-order valence-electron chi connectivity index (χ1n) is 8.23. The van der Waals surface area contributed by atoms with E-state index in [0.717, 1.165) is 17.4 Å². The fraction of sp³-hybridized carbons (Fsp3) is 0.611. The molecule has 1 amide bonds.